The second kappa shape index (κ2) is 6.52. The first-order valence-electron chi connectivity index (χ1n) is 8.52. The quantitative estimate of drug-likeness (QED) is 0.474. The highest BCUT2D eigenvalue weighted by Crippen LogP contribution is 2.40. The van der Waals surface area contributed by atoms with E-state index in [4.69, 9.17) is 4.74 Å². The van der Waals surface area contributed by atoms with Gasteiger partial charge in [-0.15, -0.1) is 0 Å². The van der Waals surface area contributed by atoms with E-state index in [0.717, 1.165) is 33.3 Å². The number of hydrogen-bond acceptors (Lipinski definition) is 2. The van der Waals surface area contributed by atoms with Crippen molar-refractivity contribution in [2.24, 2.45) is 7.05 Å². The minimum Gasteiger partial charge on any atom is -0.465 e. The molecule has 0 bridgehead atoms. The number of methoxy groups -OCH3 is 1. The molecular weight excluding hydrogens is 322 g/mol. The molecule has 26 heavy (non-hydrogen) atoms. The molecule has 0 saturated carbocycles. The number of hydrogen-bond donors (Lipinski definition) is 0. The largest absolute Gasteiger partial charge is 0.465 e. The number of esters is 1. The van der Waals surface area contributed by atoms with Gasteiger partial charge in [-0.2, -0.15) is 0 Å². The fourth-order valence-electron chi connectivity index (χ4n) is 3.52. The van der Waals surface area contributed by atoms with E-state index in [9.17, 15) is 4.79 Å². The summed E-state index contributed by atoms with van der Waals surface area (Å²) in [5.41, 5.74) is 6.16. The molecule has 0 atom stereocenters. The van der Waals surface area contributed by atoms with Gasteiger partial charge < -0.3 is 9.30 Å². The van der Waals surface area contributed by atoms with E-state index in [2.05, 4.69) is 35.9 Å². The van der Waals surface area contributed by atoms with Gasteiger partial charge in [0.15, 0.2) is 0 Å². The van der Waals surface area contributed by atoms with Gasteiger partial charge >= 0.3 is 5.97 Å². The van der Waals surface area contributed by atoms with E-state index in [0.29, 0.717) is 5.56 Å². The molecule has 4 rings (SSSR count). The van der Waals surface area contributed by atoms with Crippen LogP contribution in [0, 0.1) is 0 Å². The van der Waals surface area contributed by atoms with Crippen molar-refractivity contribution in [1.29, 1.82) is 0 Å². The normalized spacial score (nSPS) is 10.8. The molecule has 0 aliphatic rings. The Morgan fingerprint density at radius 3 is 2.08 bits per heavy atom. The summed E-state index contributed by atoms with van der Waals surface area (Å²) in [5, 5.41) is 1.04. The Morgan fingerprint density at radius 2 is 1.46 bits per heavy atom. The number of carbonyl (C=O) groups excluding carboxylic acids is 1. The van der Waals surface area contributed by atoms with Crippen LogP contribution in [0.4, 0.5) is 0 Å². The summed E-state index contributed by atoms with van der Waals surface area (Å²) in [6.45, 7) is 0. The lowest BCUT2D eigenvalue weighted by atomic mass is 9.97. The maximum Gasteiger partial charge on any atom is 0.337 e. The molecule has 0 aliphatic heterocycles. The maximum atomic E-state index is 12.0. The summed E-state index contributed by atoms with van der Waals surface area (Å²) < 4.78 is 7.10. The van der Waals surface area contributed by atoms with E-state index in [-0.39, 0.29) is 5.97 Å². The number of benzene rings is 3. The molecule has 0 amide bonds. The molecule has 0 fully saturated rings. The van der Waals surface area contributed by atoms with Gasteiger partial charge in [-0.3, -0.25) is 0 Å². The number of rotatable bonds is 3. The van der Waals surface area contributed by atoms with E-state index in [1.807, 2.05) is 54.6 Å². The fraction of sp³-hybridized carbons (Fsp3) is 0.0870. The van der Waals surface area contributed by atoms with Crippen LogP contribution in [0.15, 0.2) is 78.9 Å². The van der Waals surface area contributed by atoms with Gasteiger partial charge in [0.2, 0.25) is 0 Å². The summed E-state index contributed by atoms with van der Waals surface area (Å²) in [6.07, 6.45) is 0. The molecule has 3 aromatic carbocycles. The Balaban J connectivity index is 2.10. The molecule has 0 unspecified atom stereocenters. The summed E-state index contributed by atoms with van der Waals surface area (Å²) in [7, 11) is 3.47. The molecule has 0 radical (unpaired) electrons. The molecule has 3 heteroatoms. The smallest absolute Gasteiger partial charge is 0.337 e. The highest BCUT2D eigenvalue weighted by molar-refractivity contribution is 6.07. The third-order valence-electron chi connectivity index (χ3n) is 4.73. The average molecular weight is 341 g/mol. The van der Waals surface area contributed by atoms with Gasteiger partial charge in [-0.1, -0.05) is 60.7 Å². The lowest BCUT2D eigenvalue weighted by Crippen LogP contribution is -2.00. The maximum absolute atomic E-state index is 12.0. The molecule has 0 N–H and O–H groups in total. The summed E-state index contributed by atoms with van der Waals surface area (Å²) >= 11 is 0. The zero-order chi connectivity index (χ0) is 18.1. The van der Waals surface area contributed by atoms with Crippen molar-refractivity contribution in [3.05, 3.63) is 84.4 Å². The molecular formula is C23H19NO2. The summed E-state index contributed by atoms with van der Waals surface area (Å²) in [6, 6.07) is 26.3. The van der Waals surface area contributed by atoms with Crippen LogP contribution >= 0.6 is 0 Å². The van der Waals surface area contributed by atoms with Crippen molar-refractivity contribution in [3.8, 4) is 22.4 Å². The van der Waals surface area contributed by atoms with E-state index in [1.165, 1.54) is 7.11 Å². The first-order chi connectivity index (χ1) is 12.7. The SMILES string of the molecule is COC(=O)c1ccc2c(c1)c(-c1ccccc1)c(-c1ccccc1)n2C. The highest BCUT2D eigenvalue weighted by Gasteiger charge is 2.19. The van der Waals surface area contributed by atoms with Gasteiger partial charge in [0.25, 0.3) is 0 Å². The predicted octanol–water partition coefficient (Wildman–Crippen LogP) is 5.30. The standard InChI is InChI=1S/C23H19NO2/c1-24-20-14-13-18(23(25)26-2)15-19(20)21(16-9-5-3-6-10-16)22(24)17-11-7-4-8-12-17/h3-15H,1-2H3. The van der Waals surface area contributed by atoms with E-state index in [1.54, 1.807) is 0 Å². The van der Waals surface area contributed by atoms with Crippen molar-refractivity contribution < 1.29 is 9.53 Å². The Labute approximate surface area is 152 Å². The zero-order valence-corrected chi connectivity index (χ0v) is 14.8. The Morgan fingerprint density at radius 1 is 0.846 bits per heavy atom. The Kier molecular flexibility index (Phi) is 4.05. The van der Waals surface area contributed by atoms with Crippen LogP contribution in [0.2, 0.25) is 0 Å². The number of aromatic nitrogens is 1. The minimum atomic E-state index is -0.323. The lowest BCUT2D eigenvalue weighted by molar-refractivity contribution is 0.0601. The van der Waals surface area contributed by atoms with Gasteiger partial charge in [0.05, 0.1) is 18.4 Å². The van der Waals surface area contributed by atoms with Crippen LogP contribution in [0.25, 0.3) is 33.3 Å². The van der Waals surface area contributed by atoms with Crippen molar-refractivity contribution in [2.45, 2.75) is 0 Å². The molecule has 1 heterocycles. The lowest BCUT2D eigenvalue weighted by Gasteiger charge is -2.08. The predicted molar refractivity (Wildman–Crippen MR) is 105 cm³/mol. The van der Waals surface area contributed by atoms with Crippen LogP contribution in [-0.2, 0) is 11.8 Å². The molecule has 4 aromatic rings. The second-order valence-corrected chi connectivity index (χ2v) is 6.24. The monoisotopic (exact) mass is 341 g/mol. The first kappa shape index (κ1) is 16.2. The van der Waals surface area contributed by atoms with Crippen LogP contribution in [0.1, 0.15) is 10.4 Å². The van der Waals surface area contributed by atoms with Crippen molar-refractivity contribution in [1.82, 2.24) is 4.57 Å². The molecule has 0 saturated heterocycles. The second-order valence-electron chi connectivity index (χ2n) is 6.24. The van der Waals surface area contributed by atoms with Gasteiger partial charge in [-0.25, -0.2) is 4.79 Å². The van der Waals surface area contributed by atoms with Gasteiger partial charge in [0, 0.05) is 23.5 Å². The van der Waals surface area contributed by atoms with Crippen molar-refractivity contribution in [3.63, 3.8) is 0 Å². The van der Waals surface area contributed by atoms with Crippen LogP contribution in [0.3, 0.4) is 0 Å². The van der Waals surface area contributed by atoms with Crippen molar-refractivity contribution >= 4 is 16.9 Å². The Hall–Kier alpha value is -3.33. The number of aryl methyl sites for hydroxylation is 1. The summed E-state index contributed by atoms with van der Waals surface area (Å²) in [5.74, 6) is -0.323. The molecule has 3 nitrogen and oxygen atoms in total. The molecule has 1 aromatic heterocycles. The van der Waals surface area contributed by atoms with Crippen LogP contribution < -0.4 is 0 Å². The molecule has 0 spiro atoms. The molecule has 128 valence electrons. The number of fused-ring (bicyclic) bond motifs is 1. The average Bonchev–Trinajstić information content (AvgIpc) is 3.00. The van der Waals surface area contributed by atoms with E-state index >= 15 is 0 Å². The van der Waals surface area contributed by atoms with Crippen molar-refractivity contribution in [2.75, 3.05) is 7.11 Å². The molecule has 0 aliphatic carbocycles. The van der Waals surface area contributed by atoms with Crippen LogP contribution in [-0.4, -0.2) is 17.6 Å². The van der Waals surface area contributed by atoms with Crippen LogP contribution in [0.5, 0.6) is 0 Å². The van der Waals surface area contributed by atoms with Gasteiger partial charge in [-0.05, 0) is 29.3 Å². The number of ether oxygens (including phenoxy) is 1. The van der Waals surface area contributed by atoms with E-state index < -0.39 is 0 Å². The Bertz CT molecular complexity index is 1080. The van der Waals surface area contributed by atoms with Gasteiger partial charge in [0.1, 0.15) is 0 Å². The minimum absolute atomic E-state index is 0.323. The highest BCUT2D eigenvalue weighted by atomic mass is 16.5. The first-order valence-corrected chi connectivity index (χ1v) is 8.52. The third kappa shape index (κ3) is 2.58. The number of carbonyl (C=O) groups is 1. The third-order valence-corrected chi connectivity index (χ3v) is 4.73. The number of nitrogens with zero attached hydrogens (tertiary/aromatic N) is 1. The topological polar surface area (TPSA) is 31.2 Å². The summed E-state index contributed by atoms with van der Waals surface area (Å²) in [4.78, 5) is 12.0. The zero-order valence-electron chi connectivity index (χ0n) is 14.8. The fourth-order valence-corrected chi connectivity index (χ4v) is 3.52.